The predicted octanol–water partition coefficient (Wildman–Crippen LogP) is 9.22. The van der Waals surface area contributed by atoms with Gasteiger partial charge in [0.05, 0.1) is 0 Å². The fraction of sp³-hybridized carbons (Fsp3) is 0.630. The molecule has 0 N–H and O–H groups in total. The molecule has 1 aromatic rings. The summed E-state index contributed by atoms with van der Waals surface area (Å²) in [6, 6.07) is 9.27. The zero-order valence-corrected chi connectivity index (χ0v) is 20.1. The van der Waals surface area contributed by atoms with Crippen LogP contribution in [-0.2, 0) is 5.67 Å². The summed E-state index contributed by atoms with van der Waals surface area (Å²) in [4.78, 5) is 0. The second-order valence-corrected chi connectivity index (χ2v) is 9.74. The molecule has 0 radical (unpaired) electrons. The molecule has 0 aliphatic heterocycles. The number of hydrogen-bond donors (Lipinski definition) is 0. The van der Waals surface area contributed by atoms with E-state index in [1.165, 1.54) is 78.7 Å². The highest BCUT2D eigenvalue weighted by atomic mass is 31.1. The third kappa shape index (κ3) is 11.7. The Balaban J connectivity index is 0.000000294. The third-order valence-electron chi connectivity index (χ3n) is 5.76. The number of alkyl halides is 1. The van der Waals surface area contributed by atoms with Crippen molar-refractivity contribution in [3.05, 3.63) is 60.2 Å². The Bertz CT molecular complexity index is 551. The number of allylic oxidation sites excluding steroid dienone is 4. The predicted molar refractivity (Wildman–Crippen MR) is 132 cm³/mol. The quantitative estimate of drug-likeness (QED) is 0.221. The summed E-state index contributed by atoms with van der Waals surface area (Å²) in [5.41, 5.74) is -0.564. The first kappa shape index (κ1) is 26.1. The van der Waals surface area contributed by atoms with E-state index < -0.39 is 5.67 Å². The molecule has 1 aliphatic carbocycles. The monoisotopic (exact) mass is 418 g/mol. The zero-order chi connectivity index (χ0) is 21.2. The standard InChI is InChI=1S/C15H33P.C12H11F/c1-4-7-9-10-13-16-14-12-15(6-3)11-8-5-2;13-12(9-5-2-6-10-12)11-7-3-1-4-8-11/h15-16H,4-14H2,1-3H3;1-9H,10H2. The maximum atomic E-state index is 14.2. The van der Waals surface area contributed by atoms with Crippen molar-refractivity contribution in [2.45, 2.75) is 90.6 Å². The number of benzene rings is 1. The van der Waals surface area contributed by atoms with Gasteiger partial charge in [-0.25, -0.2) is 4.39 Å². The molecular formula is C27H44FP. The number of unbranched alkanes of at least 4 members (excludes halogenated alkanes) is 4. The summed E-state index contributed by atoms with van der Waals surface area (Å²) in [5, 5.41) is 0. The smallest absolute Gasteiger partial charge is 0.157 e. The minimum Gasteiger partial charge on any atom is -0.234 e. The van der Waals surface area contributed by atoms with Crippen molar-refractivity contribution in [2.75, 3.05) is 12.3 Å². The summed E-state index contributed by atoms with van der Waals surface area (Å²) < 4.78 is 14.2. The Kier molecular flexibility index (Phi) is 15.1. The van der Waals surface area contributed by atoms with Crippen LogP contribution in [0.5, 0.6) is 0 Å². The Morgan fingerprint density at radius 2 is 1.66 bits per heavy atom. The Morgan fingerprint density at radius 1 is 0.897 bits per heavy atom. The summed E-state index contributed by atoms with van der Waals surface area (Å²) in [7, 11) is 1.24. The highest BCUT2D eigenvalue weighted by Gasteiger charge is 2.27. The largest absolute Gasteiger partial charge is 0.234 e. The average molecular weight is 419 g/mol. The maximum absolute atomic E-state index is 14.2. The van der Waals surface area contributed by atoms with Crippen molar-refractivity contribution in [1.82, 2.24) is 0 Å². The van der Waals surface area contributed by atoms with E-state index in [1.54, 1.807) is 12.2 Å². The molecule has 0 bridgehead atoms. The number of halogens is 1. The highest BCUT2D eigenvalue weighted by molar-refractivity contribution is 7.37. The fourth-order valence-corrected chi connectivity index (χ4v) is 5.04. The molecule has 3 atom stereocenters. The van der Waals surface area contributed by atoms with Gasteiger partial charge in [-0.15, -0.1) is 8.58 Å². The van der Waals surface area contributed by atoms with E-state index in [0.29, 0.717) is 6.42 Å². The molecular weight excluding hydrogens is 374 g/mol. The molecule has 0 fully saturated rings. The molecule has 1 aliphatic rings. The molecule has 164 valence electrons. The van der Waals surface area contributed by atoms with E-state index in [9.17, 15) is 4.39 Å². The molecule has 0 amide bonds. The van der Waals surface area contributed by atoms with Crippen molar-refractivity contribution in [2.24, 2.45) is 5.92 Å². The SMILES string of the molecule is CCCCCCPCCC(CC)CCCC.FC1(c2ccccc2)C=CC=CC1. The summed E-state index contributed by atoms with van der Waals surface area (Å²) in [6.07, 6.45) is 23.5. The van der Waals surface area contributed by atoms with Gasteiger partial charge >= 0.3 is 0 Å². The maximum Gasteiger partial charge on any atom is 0.157 e. The molecule has 0 nitrogen and oxygen atoms in total. The van der Waals surface area contributed by atoms with Crippen LogP contribution in [0.2, 0.25) is 0 Å². The van der Waals surface area contributed by atoms with Crippen LogP contribution in [0.15, 0.2) is 54.6 Å². The second kappa shape index (κ2) is 16.8. The first-order valence-corrected chi connectivity index (χ1v) is 13.4. The van der Waals surface area contributed by atoms with Gasteiger partial charge in [-0.05, 0) is 42.7 Å². The van der Waals surface area contributed by atoms with Crippen LogP contribution in [0.4, 0.5) is 4.39 Å². The third-order valence-corrected chi connectivity index (χ3v) is 7.11. The van der Waals surface area contributed by atoms with Crippen molar-refractivity contribution < 1.29 is 4.39 Å². The van der Waals surface area contributed by atoms with Gasteiger partial charge in [-0.2, -0.15) is 0 Å². The first-order valence-electron chi connectivity index (χ1n) is 12.0. The molecule has 1 aromatic carbocycles. The van der Waals surface area contributed by atoms with E-state index >= 15 is 0 Å². The minimum atomic E-state index is -1.30. The first-order chi connectivity index (χ1) is 14.2. The second-order valence-electron chi connectivity index (χ2n) is 8.24. The highest BCUT2D eigenvalue weighted by Crippen LogP contribution is 2.33. The summed E-state index contributed by atoms with van der Waals surface area (Å²) in [5.74, 6) is 1.03. The van der Waals surface area contributed by atoms with Crippen molar-refractivity contribution in [3.63, 3.8) is 0 Å². The van der Waals surface area contributed by atoms with Crippen LogP contribution in [0.3, 0.4) is 0 Å². The average Bonchev–Trinajstić information content (AvgIpc) is 2.77. The summed E-state index contributed by atoms with van der Waals surface area (Å²) in [6.45, 7) is 6.97. The molecule has 0 aromatic heterocycles. The Hall–Kier alpha value is -0.940. The zero-order valence-electron chi connectivity index (χ0n) is 19.1. The lowest BCUT2D eigenvalue weighted by molar-refractivity contribution is 0.236. The normalized spacial score (nSPS) is 19.3. The molecule has 0 spiro atoms. The van der Waals surface area contributed by atoms with Gasteiger partial charge in [-0.1, -0.05) is 114 Å². The molecule has 29 heavy (non-hydrogen) atoms. The minimum absolute atomic E-state index is 0.438. The summed E-state index contributed by atoms with van der Waals surface area (Å²) >= 11 is 0. The van der Waals surface area contributed by atoms with Gasteiger partial charge in [0.2, 0.25) is 0 Å². The van der Waals surface area contributed by atoms with Gasteiger partial charge in [0, 0.05) is 6.42 Å². The van der Waals surface area contributed by atoms with Crippen LogP contribution in [-0.4, -0.2) is 12.3 Å². The van der Waals surface area contributed by atoms with Gasteiger partial charge in [0.15, 0.2) is 5.67 Å². The molecule has 0 saturated heterocycles. The van der Waals surface area contributed by atoms with Gasteiger partial charge < -0.3 is 0 Å². The van der Waals surface area contributed by atoms with Gasteiger partial charge in [0.25, 0.3) is 0 Å². The van der Waals surface area contributed by atoms with E-state index in [2.05, 4.69) is 20.8 Å². The van der Waals surface area contributed by atoms with Crippen LogP contribution in [0, 0.1) is 5.92 Å². The van der Waals surface area contributed by atoms with Crippen LogP contribution >= 0.6 is 8.58 Å². The van der Waals surface area contributed by atoms with Crippen LogP contribution in [0.1, 0.15) is 90.5 Å². The Labute approximate surface area is 182 Å². The van der Waals surface area contributed by atoms with Crippen LogP contribution in [0.25, 0.3) is 0 Å². The van der Waals surface area contributed by atoms with E-state index in [1.807, 2.05) is 42.5 Å². The van der Waals surface area contributed by atoms with E-state index in [0.717, 1.165) is 11.5 Å². The molecule has 3 unspecified atom stereocenters. The molecule has 2 heteroatoms. The molecule has 2 rings (SSSR count). The van der Waals surface area contributed by atoms with Gasteiger partial charge in [0.1, 0.15) is 0 Å². The van der Waals surface area contributed by atoms with E-state index in [4.69, 9.17) is 0 Å². The lowest BCUT2D eigenvalue weighted by Crippen LogP contribution is -2.17. The fourth-order valence-electron chi connectivity index (χ4n) is 3.68. The van der Waals surface area contributed by atoms with Crippen LogP contribution < -0.4 is 0 Å². The molecule has 0 heterocycles. The lowest BCUT2D eigenvalue weighted by atomic mass is 9.89. The van der Waals surface area contributed by atoms with Gasteiger partial charge in [-0.3, -0.25) is 0 Å². The topological polar surface area (TPSA) is 0 Å². The van der Waals surface area contributed by atoms with Crippen molar-refractivity contribution in [1.29, 1.82) is 0 Å². The Morgan fingerprint density at radius 3 is 2.28 bits per heavy atom. The van der Waals surface area contributed by atoms with Crippen molar-refractivity contribution in [3.8, 4) is 0 Å². The molecule has 0 saturated carbocycles. The lowest BCUT2D eigenvalue weighted by Gasteiger charge is -2.22. The number of hydrogen-bond acceptors (Lipinski definition) is 0. The van der Waals surface area contributed by atoms with Crippen molar-refractivity contribution >= 4 is 8.58 Å². The van der Waals surface area contributed by atoms with E-state index in [-0.39, 0.29) is 0 Å². The number of rotatable bonds is 13.